The third-order valence-electron chi connectivity index (χ3n) is 4.54. The van der Waals surface area contributed by atoms with Gasteiger partial charge in [-0.05, 0) is 53.3 Å². The maximum Gasteiger partial charge on any atom is 0.313 e. The van der Waals surface area contributed by atoms with Crippen molar-refractivity contribution in [1.29, 1.82) is 0 Å². The Bertz CT molecular complexity index is 952. The van der Waals surface area contributed by atoms with Crippen LogP contribution < -0.4 is 10.1 Å². The second-order valence-electron chi connectivity index (χ2n) is 6.48. The van der Waals surface area contributed by atoms with E-state index in [1.165, 1.54) is 4.88 Å². The molecule has 0 fully saturated rings. The first-order chi connectivity index (χ1) is 13.6. The van der Waals surface area contributed by atoms with Crippen molar-refractivity contribution < 1.29 is 19.1 Å². The summed E-state index contributed by atoms with van der Waals surface area (Å²) in [6.07, 6.45) is 0.773. The highest BCUT2D eigenvalue weighted by Crippen LogP contribution is 2.25. The molecule has 0 aliphatic carbocycles. The molecule has 1 N–H and O–H groups in total. The van der Waals surface area contributed by atoms with E-state index in [4.69, 9.17) is 9.47 Å². The summed E-state index contributed by atoms with van der Waals surface area (Å²) in [5, 5.41) is 6.83. The monoisotopic (exact) mass is 397 g/mol. The highest BCUT2D eigenvalue weighted by molar-refractivity contribution is 7.09. The van der Waals surface area contributed by atoms with Crippen molar-refractivity contribution in [2.45, 2.75) is 19.3 Å². The van der Waals surface area contributed by atoms with Gasteiger partial charge < -0.3 is 14.8 Å². The van der Waals surface area contributed by atoms with Crippen LogP contribution in [0.3, 0.4) is 0 Å². The molecular weight excluding hydrogens is 374 g/mol. The Morgan fingerprint density at radius 1 is 1.11 bits per heavy atom. The van der Waals surface area contributed by atoms with E-state index in [2.05, 4.69) is 5.32 Å². The minimum atomic E-state index is -0.453. The molecule has 0 aliphatic heterocycles. The number of benzene rings is 2. The lowest BCUT2D eigenvalue weighted by Crippen LogP contribution is -2.31. The van der Waals surface area contributed by atoms with Crippen LogP contribution in [0.5, 0.6) is 5.75 Å². The molecule has 0 radical (unpaired) electrons. The van der Waals surface area contributed by atoms with Crippen LogP contribution in [0.1, 0.15) is 23.3 Å². The Kier molecular flexibility index (Phi) is 6.66. The predicted molar refractivity (Wildman–Crippen MR) is 111 cm³/mol. The zero-order chi connectivity index (χ0) is 19.9. The van der Waals surface area contributed by atoms with Gasteiger partial charge in [-0.3, -0.25) is 9.59 Å². The fourth-order valence-corrected chi connectivity index (χ4v) is 3.58. The number of nitrogens with one attached hydrogen (secondary N) is 1. The molecule has 0 spiro atoms. The van der Waals surface area contributed by atoms with Crippen LogP contribution in [-0.2, 0) is 20.7 Å². The van der Waals surface area contributed by atoms with Gasteiger partial charge in [0.25, 0.3) is 5.91 Å². The lowest BCUT2D eigenvalue weighted by molar-refractivity contribution is -0.149. The van der Waals surface area contributed by atoms with Gasteiger partial charge in [0.15, 0.2) is 6.61 Å². The molecule has 146 valence electrons. The third kappa shape index (κ3) is 5.10. The van der Waals surface area contributed by atoms with Gasteiger partial charge in [0, 0.05) is 11.4 Å². The molecular formula is C22H23NO4S. The Morgan fingerprint density at radius 2 is 1.89 bits per heavy atom. The van der Waals surface area contributed by atoms with Crippen LogP contribution in [-0.4, -0.2) is 32.1 Å². The van der Waals surface area contributed by atoms with Crippen molar-refractivity contribution in [2.75, 3.05) is 20.3 Å². The molecule has 5 nitrogen and oxygen atoms in total. The second kappa shape index (κ2) is 9.37. The zero-order valence-electron chi connectivity index (χ0n) is 15.9. The smallest absolute Gasteiger partial charge is 0.313 e. The van der Waals surface area contributed by atoms with E-state index in [0.717, 1.165) is 28.5 Å². The molecule has 2 aromatic carbocycles. The summed E-state index contributed by atoms with van der Waals surface area (Å²) in [7, 11) is 1.63. The van der Waals surface area contributed by atoms with Crippen molar-refractivity contribution in [3.8, 4) is 5.75 Å². The molecule has 0 saturated carbocycles. The van der Waals surface area contributed by atoms with Crippen LogP contribution >= 0.6 is 11.3 Å². The van der Waals surface area contributed by atoms with E-state index in [0.29, 0.717) is 6.54 Å². The Labute approximate surface area is 168 Å². The van der Waals surface area contributed by atoms with Crippen molar-refractivity contribution in [3.05, 3.63) is 64.4 Å². The minimum Gasteiger partial charge on any atom is -0.497 e. The van der Waals surface area contributed by atoms with Gasteiger partial charge in [-0.25, -0.2) is 0 Å². The van der Waals surface area contributed by atoms with E-state index in [1.54, 1.807) is 25.4 Å². The quantitative estimate of drug-likeness (QED) is 0.585. The number of rotatable bonds is 8. The first-order valence-corrected chi connectivity index (χ1v) is 9.98. The predicted octanol–water partition coefficient (Wildman–Crippen LogP) is 3.92. The number of carbonyl (C=O) groups excluding carboxylic acids is 2. The van der Waals surface area contributed by atoms with E-state index in [-0.39, 0.29) is 12.5 Å². The van der Waals surface area contributed by atoms with Gasteiger partial charge in [-0.15, -0.1) is 11.3 Å². The summed E-state index contributed by atoms with van der Waals surface area (Å²) >= 11 is 1.65. The second-order valence-corrected chi connectivity index (χ2v) is 7.51. The number of hydrogen-bond acceptors (Lipinski definition) is 5. The molecule has 6 heteroatoms. The lowest BCUT2D eigenvalue weighted by atomic mass is 9.98. The average molecular weight is 397 g/mol. The van der Waals surface area contributed by atoms with Crippen molar-refractivity contribution >= 4 is 34.0 Å². The molecule has 0 unspecified atom stereocenters. The number of amides is 1. The fraction of sp³-hybridized carbons (Fsp3) is 0.273. The van der Waals surface area contributed by atoms with E-state index < -0.39 is 11.9 Å². The number of ether oxygens (including phenoxy) is 2. The third-order valence-corrected chi connectivity index (χ3v) is 5.48. The number of fused-ring (bicyclic) bond motifs is 1. The summed E-state index contributed by atoms with van der Waals surface area (Å²) in [6.45, 7) is 2.04. The molecule has 1 heterocycles. The first-order valence-electron chi connectivity index (χ1n) is 9.10. The summed E-state index contributed by atoms with van der Waals surface area (Å²) in [5.74, 6) is -0.368. The highest BCUT2D eigenvalue weighted by Gasteiger charge is 2.18. The van der Waals surface area contributed by atoms with Crippen molar-refractivity contribution in [2.24, 2.45) is 0 Å². The maximum absolute atomic E-state index is 12.3. The average Bonchev–Trinajstić information content (AvgIpc) is 3.24. The van der Waals surface area contributed by atoms with E-state index in [1.807, 2.05) is 53.9 Å². The van der Waals surface area contributed by atoms with Crippen LogP contribution in [0, 0.1) is 0 Å². The zero-order valence-corrected chi connectivity index (χ0v) is 16.8. The fourth-order valence-electron chi connectivity index (χ4n) is 2.87. The molecule has 0 aliphatic rings. The van der Waals surface area contributed by atoms with Gasteiger partial charge in [0.2, 0.25) is 0 Å². The standard InChI is InChI=1S/C22H23NO4S/c1-15(16-5-6-18-13-19(26-2)8-7-17(18)12-16)22(25)27-14-21(24)23-10-9-20-4-3-11-28-20/h3-8,11-13,15H,9-10,14H2,1-2H3,(H,23,24)/t15-/m0/s1. The van der Waals surface area contributed by atoms with E-state index in [9.17, 15) is 9.59 Å². The molecule has 1 atom stereocenters. The number of hydrogen-bond donors (Lipinski definition) is 1. The number of esters is 1. The minimum absolute atomic E-state index is 0.265. The molecule has 28 heavy (non-hydrogen) atoms. The topological polar surface area (TPSA) is 64.6 Å². The van der Waals surface area contributed by atoms with Gasteiger partial charge in [-0.2, -0.15) is 0 Å². The Morgan fingerprint density at radius 3 is 2.64 bits per heavy atom. The first kappa shape index (κ1) is 19.9. The summed E-state index contributed by atoms with van der Waals surface area (Å²) < 4.78 is 10.4. The molecule has 3 aromatic rings. The number of thiophene rings is 1. The highest BCUT2D eigenvalue weighted by atomic mass is 32.1. The normalized spacial score (nSPS) is 11.8. The summed E-state index contributed by atoms with van der Waals surface area (Å²) in [5.41, 5.74) is 0.848. The van der Waals surface area contributed by atoms with Gasteiger partial charge >= 0.3 is 5.97 Å². The van der Waals surface area contributed by atoms with Crippen LogP contribution in [0.4, 0.5) is 0 Å². The SMILES string of the molecule is COc1ccc2cc([C@H](C)C(=O)OCC(=O)NCCc3cccs3)ccc2c1. The molecule has 0 bridgehead atoms. The van der Waals surface area contributed by atoms with Crippen molar-refractivity contribution in [1.82, 2.24) is 5.32 Å². The van der Waals surface area contributed by atoms with Gasteiger partial charge in [0.05, 0.1) is 13.0 Å². The van der Waals surface area contributed by atoms with Crippen LogP contribution in [0.25, 0.3) is 10.8 Å². The summed E-state index contributed by atoms with van der Waals surface area (Å²) in [6, 6.07) is 15.6. The molecule has 1 aromatic heterocycles. The van der Waals surface area contributed by atoms with Crippen molar-refractivity contribution in [3.63, 3.8) is 0 Å². The van der Waals surface area contributed by atoms with Gasteiger partial charge in [-0.1, -0.05) is 30.3 Å². The van der Waals surface area contributed by atoms with E-state index >= 15 is 0 Å². The maximum atomic E-state index is 12.3. The largest absolute Gasteiger partial charge is 0.497 e. The van der Waals surface area contributed by atoms with Crippen LogP contribution in [0.2, 0.25) is 0 Å². The molecule has 3 rings (SSSR count). The number of methoxy groups -OCH3 is 1. The number of carbonyl (C=O) groups is 2. The Hall–Kier alpha value is -2.86. The lowest BCUT2D eigenvalue weighted by Gasteiger charge is -2.13. The summed E-state index contributed by atoms with van der Waals surface area (Å²) in [4.78, 5) is 25.4. The molecule has 1 amide bonds. The van der Waals surface area contributed by atoms with Crippen LogP contribution in [0.15, 0.2) is 53.9 Å². The van der Waals surface area contributed by atoms with Gasteiger partial charge in [0.1, 0.15) is 5.75 Å². The molecule has 0 saturated heterocycles. The Balaban J connectivity index is 1.50.